The van der Waals surface area contributed by atoms with Crippen LogP contribution in [-0.4, -0.2) is 35.4 Å². The lowest BCUT2D eigenvalue weighted by molar-refractivity contribution is 0.0634. The zero-order chi connectivity index (χ0) is 16.4. The Balaban J connectivity index is 1.93. The highest BCUT2D eigenvalue weighted by Crippen LogP contribution is 2.26. The third-order valence-corrected chi connectivity index (χ3v) is 4.67. The van der Waals surface area contributed by atoms with Gasteiger partial charge in [0.25, 0.3) is 11.5 Å². The molecule has 0 spiro atoms. The van der Waals surface area contributed by atoms with E-state index < -0.39 is 0 Å². The van der Waals surface area contributed by atoms with E-state index in [1.807, 2.05) is 29.2 Å². The number of nitrogens with one attached hydrogen (secondary N) is 2. The van der Waals surface area contributed by atoms with Crippen LogP contribution < -0.4 is 10.9 Å². The van der Waals surface area contributed by atoms with Crippen LogP contribution in [0.15, 0.2) is 45.8 Å². The monoisotopic (exact) mass is 395 g/mol. The topological polar surface area (TPSA) is 65.2 Å². The number of benzene rings is 1. The first kappa shape index (κ1) is 16.2. The highest BCUT2D eigenvalue weighted by molar-refractivity contribution is 9.10. The fourth-order valence-corrected chi connectivity index (χ4v) is 3.26. The van der Waals surface area contributed by atoms with Gasteiger partial charge in [-0.2, -0.15) is 0 Å². The number of H-pyrrole nitrogens is 1. The summed E-state index contributed by atoms with van der Waals surface area (Å²) in [6.45, 7) is 1.98. The van der Waals surface area contributed by atoms with Gasteiger partial charge in [-0.15, -0.1) is 0 Å². The number of hydrogen-bond donors (Lipinski definition) is 2. The van der Waals surface area contributed by atoms with Crippen molar-refractivity contribution in [1.82, 2.24) is 15.2 Å². The van der Waals surface area contributed by atoms with E-state index in [0.717, 1.165) is 12.1 Å². The average molecular weight is 397 g/mol. The van der Waals surface area contributed by atoms with Crippen molar-refractivity contribution in [2.45, 2.75) is 6.04 Å². The molecule has 1 aliphatic heterocycles. The summed E-state index contributed by atoms with van der Waals surface area (Å²) < 4.78 is 0.345. The molecule has 1 aromatic carbocycles. The molecule has 5 nitrogen and oxygen atoms in total. The normalized spacial score (nSPS) is 18.0. The molecule has 23 heavy (non-hydrogen) atoms. The average Bonchev–Trinajstić information content (AvgIpc) is 2.57. The van der Waals surface area contributed by atoms with E-state index in [-0.39, 0.29) is 17.5 Å². The number of rotatable bonds is 2. The van der Waals surface area contributed by atoms with Crippen molar-refractivity contribution in [2.24, 2.45) is 0 Å². The third kappa shape index (κ3) is 3.49. The van der Waals surface area contributed by atoms with Gasteiger partial charge < -0.3 is 15.2 Å². The molecule has 1 unspecified atom stereocenters. The Hall–Kier alpha value is -1.63. The summed E-state index contributed by atoms with van der Waals surface area (Å²) in [5.74, 6) is -0.117. The van der Waals surface area contributed by atoms with Crippen LogP contribution in [0.2, 0.25) is 5.02 Å². The van der Waals surface area contributed by atoms with Crippen LogP contribution in [0.25, 0.3) is 0 Å². The second-order valence-electron chi connectivity index (χ2n) is 5.34. The van der Waals surface area contributed by atoms with E-state index >= 15 is 0 Å². The van der Waals surface area contributed by atoms with Gasteiger partial charge in [0.15, 0.2) is 0 Å². The van der Waals surface area contributed by atoms with Crippen LogP contribution >= 0.6 is 27.5 Å². The lowest BCUT2D eigenvalue weighted by atomic mass is 10.0. The first-order valence-electron chi connectivity index (χ1n) is 7.21. The summed E-state index contributed by atoms with van der Waals surface area (Å²) in [5, 5.41) is 3.95. The number of aromatic amines is 1. The minimum atomic E-state index is -0.256. The van der Waals surface area contributed by atoms with Gasteiger partial charge >= 0.3 is 0 Å². The van der Waals surface area contributed by atoms with Crippen molar-refractivity contribution in [3.63, 3.8) is 0 Å². The Kier molecular flexibility index (Phi) is 4.84. The molecule has 1 aliphatic rings. The molecule has 1 fully saturated rings. The van der Waals surface area contributed by atoms with E-state index in [1.165, 1.54) is 6.20 Å². The smallest absolute Gasteiger partial charge is 0.262 e. The van der Waals surface area contributed by atoms with Gasteiger partial charge in [-0.1, -0.05) is 23.7 Å². The molecule has 0 radical (unpaired) electrons. The van der Waals surface area contributed by atoms with Crippen LogP contribution in [0, 0.1) is 0 Å². The highest BCUT2D eigenvalue weighted by atomic mass is 79.9. The molecule has 120 valence electrons. The number of carbonyl (C=O) groups excluding carboxylic acids is 1. The summed E-state index contributed by atoms with van der Waals surface area (Å²) in [6, 6.07) is 8.99. The van der Waals surface area contributed by atoms with E-state index in [2.05, 4.69) is 26.2 Å². The van der Waals surface area contributed by atoms with Crippen molar-refractivity contribution in [1.29, 1.82) is 0 Å². The molecule has 2 aromatic rings. The number of hydrogen-bond acceptors (Lipinski definition) is 3. The number of nitrogens with zero attached hydrogens (tertiary/aromatic N) is 1. The van der Waals surface area contributed by atoms with E-state index in [4.69, 9.17) is 11.6 Å². The molecular formula is C16H15BrClN3O2. The van der Waals surface area contributed by atoms with Gasteiger partial charge in [-0.25, -0.2) is 0 Å². The molecule has 3 rings (SSSR count). The lowest BCUT2D eigenvalue weighted by Gasteiger charge is -2.36. The zero-order valence-corrected chi connectivity index (χ0v) is 14.5. The number of carbonyl (C=O) groups is 1. The molecule has 2 heterocycles. The highest BCUT2D eigenvalue weighted by Gasteiger charge is 2.29. The fourth-order valence-electron chi connectivity index (χ4n) is 2.70. The van der Waals surface area contributed by atoms with Crippen LogP contribution in [0.3, 0.4) is 0 Å². The third-order valence-electron chi connectivity index (χ3n) is 3.84. The SMILES string of the molecule is O=C(c1c[nH]c(=O)c(Br)c1)N1CCNCC1c1cccc(Cl)c1. The summed E-state index contributed by atoms with van der Waals surface area (Å²) in [6.07, 6.45) is 1.45. The molecule has 2 N–H and O–H groups in total. The molecule has 0 aliphatic carbocycles. The zero-order valence-electron chi connectivity index (χ0n) is 12.2. The van der Waals surface area contributed by atoms with Crippen LogP contribution in [-0.2, 0) is 0 Å². The molecule has 1 saturated heterocycles. The molecule has 1 atom stereocenters. The Morgan fingerprint density at radius 1 is 1.35 bits per heavy atom. The first-order chi connectivity index (χ1) is 11.1. The Bertz CT molecular complexity index is 793. The van der Waals surface area contributed by atoms with Crippen LogP contribution in [0.1, 0.15) is 22.0 Å². The second-order valence-corrected chi connectivity index (χ2v) is 6.63. The predicted molar refractivity (Wildman–Crippen MR) is 92.9 cm³/mol. The molecule has 0 bridgehead atoms. The summed E-state index contributed by atoms with van der Waals surface area (Å²) >= 11 is 9.24. The van der Waals surface area contributed by atoms with Crippen molar-refractivity contribution >= 4 is 33.4 Å². The second kappa shape index (κ2) is 6.86. The van der Waals surface area contributed by atoms with Crippen LogP contribution in [0.5, 0.6) is 0 Å². The van der Waals surface area contributed by atoms with Gasteiger partial charge in [0.1, 0.15) is 0 Å². The molecular weight excluding hydrogens is 382 g/mol. The summed E-state index contributed by atoms with van der Waals surface area (Å²) in [5.41, 5.74) is 1.18. The standard InChI is InChI=1S/C16H15BrClN3O2/c17-13-7-11(8-20-15(13)22)16(23)21-5-4-19-9-14(21)10-2-1-3-12(18)6-10/h1-3,6-8,14,19H,4-5,9H2,(H,20,22). The number of amides is 1. The van der Waals surface area contributed by atoms with Crippen molar-refractivity contribution < 1.29 is 4.79 Å². The van der Waals surface area contributed by atoms with Crippen molar-refractivity contribution in [3.8, 4) is 0 Å². The maximum atomic E-state index is 12.9. The summed E-state index contributed by atoms with van der Waals surface area (Å²) in [4.78, 5) is 28.7. The minimum Gasteiger partial charge on any atom is -0.329 e. The van der Waals surface area contributed by atoms with E-state index in [0.29, 0.717) is 28.1 Å². The van der Waals surface area contributed by atoms with Crippen molar-refractivity contribution in [3.05, 3.63) is 67.5 Å². The largest absolute Gasteiger partial charge is 0.329 e. The first-order valence-corrected chi connectivity index (χ1v) is 8.39. The number of piperazine rings is 1. The van der Waals surface area contributed by atoms with Gasteiger partial charge in [-0.05, 0) is 39.7 Å². The van der Waals surface area contributed by atoms with Crippen molar-refractivity contribution in [2.75, 3.05) is 19.6 Å². The molecule has 0 saturated carbocycles. The molecule has 1 amide bonds. The Labute approximate surface area is 146 Å². The number of halogens is 2. The maximum absolute atomic E-state index is 12.9. The minimum absolute atomic E-state index is 0.0966. The molecule has 7 heteroatoms. The van der Waals surface area contributed by atoms with Gasteiger partial charge in [-0.3, -0.25) is 9.59 Å². The van der Waals surface area contributed by atoms with Gasteiger partial charge in [0.05, 0.1) is 16.1 Å². The lowest BCUT2D eigenvalue weighted by Crippen LogP contribution is -2.48. The summed E-state index contributed by atoms with van der Waals surface area (Å²) in [7, 11) is 0. The Morgan fingerprint density at radius 2 is 2.17 bits per heavy atom. The quantitative estimate of drug-likeness (QED) is 0.820. The van der Waals surface area contributed by atoms with Crippen LogP contribution in [0.4, 0.5) is 0 Å². The fraction of sp³-hybridized carbons (Fsp3) is 0.250. The van der Waals surface area contributed by atoms with E-state index in [9.17, 15) is 9.59 Å². The number of aromatic nitrogens is 1. The van der Waals surface area contributed by atoms with Gasteiger partial charge in [0, 0.05) is 30.9 Å². The molecule has 1 aromatic heterocycles. The maximum Gasteiger partial charge on any atom is 0.262 e. The Morgan fingerprint density at radius 3 is 2.91 bits per heavy atom. The number of pyridine rings is 1. The van der Waals surface area contributed by atoms with Gasteiger partial charge in [0.2, 0.25) is 0 Å². The van der Waals surface area contributed by atoms with E-state index in [1.54, 1.807) is 6.07 Å². The predicted octanol–water partition coefficient (Wildman–Crippen LogP) is 2.58.